The summed E-state index contributed by atoms with van der Waals surface area (Å²) in [4.78, 5) is 20.1. The van der Waals surface area contributed by atoms with Crippen molar-refractivity contribution in [2.75, 3.05) is 11.6 Å². The zero-order valence-electron chi connectivity index (χ0n) is 10.7. The van der Waals surface area contributed by atoms with Crippen LogP contribution in [0.25, 0.3) is 11.5 Å². The number of rotatable bonds is 4. The minimum absolute atomic E-state index is 0.0540. The average molecular weight is 320 g/mol. The predicted octanol–water partition coefficient (Wildman–Crippen LogP) is 1.96. The molecule has 1 amide bonds. The van der Waals surface area contributed by atoms with Crippen LogP contribution in [-0.2, 0) is 0 Å². The first kappa shape index (κ1) is 13.6. The van der Waals surface area contributed by atoms with Crippen molar-refractivity contribution in [2.24, 2.45) is 0 Å². The lowest BCUT2D eigenvalue weighted by Crippen LogP contribution is -2.10. The number of hydrogen-bond acceptors (Lipinski definition) is 9. The van der Waals surface area contributed by atoms with E-state index in [4.69, 9.17) is 4.52 Å². The lowest BCUT2D eigenvalue weighted by Gasteiger charge is -1.94. The quantitative estimate of drug-likeness (QED) is 0.574. The van der Waals surface area contributed by atoms with Crippen LogP contribution >= 0.6 is 23.1 Å². The summed E-state index contributed by atoms with van der Waals surface area (Å²) in [6.07, 6.45) is 5.05. The van der Waals surface area contributed by atoms with Gasteiger partial charge in [-0.3, -0.25) is 10.1 Å². The highest BCUT2D eigenvalue weighted by Crippen LogP contribution is 2.23. The number of nitrogens with zero attached hydrogens (tertiary/aromatic N) is 5. The predicted molar refractivity (Wildman–Crippen MR) is 77.2 cm³/mol. The summed E-state index contributed by atoms with van der Waals surface area (Å²) >= 11 is 2.74. The summed E-state index contributed by atoms with van der Waals surface area (Å²) in [5.41, 5.74) is 0.391. The first-order valence-corrected chi connectivity index (χ1v) is 7.73. The summed E-state index contributed by atoms with van der Waals surface area (Å²) in [5, 5.41) is 14.5. The number of aromatic nitrogens is 5. The highest BCUT2D eigenvalue weighted by molar-refractivity contribution is 8.00. The Bertz CT molecular complexity index is 757. The summed E-state index contributed by atoms with van der Waals surface area (Å²) in [7, 11) is 0. The van der Waals surface area contributed by atoms with Crippen LogP contribution in [0.3, 0.4) is 0 Å². The molecule has 0 unspecified atom stereocenters. The molecule has 3 aromatic heterocycles. The number of amides is 1. The standard InChI is InChI=1S/C11H8N6O2S2/c1-20-11-16-15-10(21-11)14-9(18)7-5-6(17-19-7)8-12-3-2-4-13-8/h2-5H,1H3,(H,14,15,18). The van der Waals surface area contributed by atoms with E-state index in [2.05, 4.69) is 30.6 Å². The minimum Gasteiger partial charge on any atom is -0.350 e. The van der Waals surface area contributed by atoms with Gasteiger partial charge in [0.1, 0.15) is 0 Å². The van der Waals surface area contributed by atoms with Crippen LogP contribution < -0.4 is 5.32 Å². The van der Waals surface area contributed by atoms with E-state index >= 15 is 0 Å². The van der Waals surface area contributed by atoms with Gasteiger partial charge in [0, 0.05) is 18.5 Å². The molecule has 0 aliphatic rings. The van der Waals surface area contributed by atoms with E-state index in [0.29, 0.717) is 16.6 Å². The molecule has 0 saturated carbocycles. The molecule has 0 aliphatic carbocycles. The number of nitrogens with one attached hydrogen (secondary N) is 1. The van der Waals surface area contributed by atoms with Crippen LogP contribution in [-0.4, -0.2) is 37.5 Å². The molecule has 3 heterocycles. The number of carbonyl (C=O) groups is 1. The fourth-order valence-electron chi connectivity index (χ4n) is 1.42. The van der Waals surface area contributed by atoms with Gasteiger partial charge >= 0.3 is 0 Å². The Balaban J connectivity index is 1.75. The third-order valence-corrected chi connectivity index (χ3v) is 4.14. The maximum absolute atomic E-state index is 12.0. The molecule has 0 bridgehead atoms. The molecule has 8 nitrogen and oxygen atoms in total. The zero-order valence-corrected chi connectivity index (χ0v) is 12.3. The smallest absolute Gasteiger partial charge is 0.296 e. The third kappa shape index (κ3) is 3.06. The second-order valence-corrected chi connectivity index (χ2v) is 5.71. The monoisotopic (exact) mass is 320 g/mol. The van der Waals surface area contributed by atoms with Gasteiger partial charge in [-0.1, -0.05) is 28.3 Å². The molecule has 3 aromatic rings. The number of hydrogen-bond donors (Lipinski definition) is 1. The third-order valence-electron chi connectivity index (χ3n) is 2.33. The molecule has 1 N–H and O–H groups in total. The van der Waals surface area contributed by atoms with Crippen molar-refractivity contribution in [3.8, 4) is 11.5 Å². The van der Waals surface area contributed by atoms with E-state index in [9.17, 15) is 4.79 Å². The first-order chi connectivity index (χ1) is 10.3. The highest BCUT2D eigenvalue weighted by atomic mass is 32.2. The Morgan fingerprint density at radius 3 is 2.86 bits per heavy atom. The van der Waals surface area contributed by atoms with E-state index in [0.717, 1.165) is 4.34 Å². The molecule has 106 valence electrons. The van der Waals surface area contributed by atoms with E-state index < -0.39 is 5.91 Å². The van der Waals surface area contributed by atoms with E-state index in [1.54, 1.807) is 18.5 Å². The Kier molecular flexibility index (Phi) is 3.88. The van der Waals surface area contributed by atoms with Crippen LogP contribution in [0.4, 0.5) is 5.13 Å². The average Bonchev–Trinajstić information content (AvgIpc) is 3.17. The van der Waals surface area contributed by atoms with E-state index in [1.807, 2.05) is 6.26 Å². The highest BCUT2D eigenvalue weighted by Gasteiger charge is 2.17. The Morgan fingerprint density at radius 1 is 1.33 bits per heavy atom. The van der Waals surface area contributed by atoms with Crippen molar-refractivity contribution >= 4 is 34.1 Å². The van der Waals surface area contributed by atoms with Crippen LogP contribution in [0.2, 0.25) is 0 Å². The maximum atomic E-state index is 12.0. The Morgan fingerprint density at radius 2 is 2.14 bits per heavy atom. The van der Waals surface area contributed by atoms with Crippen molar-refractivity contribution in [1.29, 1.82) is 0 Å². The second-order valence-electron chi connectivity index (χ2n) is 3.68. The summed E-state index contributed by atoms with van der Waals surface area (Å²) in [6, 6.07) is 3.16. The molecule has 0 fully saturated rings. The largest absolute Gasteiger partial charge is 0.350 e. The minimum atomic E-state index is -0.450. The van der Waals surface area contributed by atoms with E-state index in [-0.39, 0.29) is 5.76 Å². The van der Waals surface area contributed by atoms with Gasteiger partial charge in [0.05, 0.1) is 0 Å². The lowest BCUT2D eigenvalue weighted by molar-refractivity contribution is 0.0988. The van der Waals surface area contributed by atoms with Crippen molar-refractivity contribution in [2.45, 2.75) is 4.34 Å². The van der Waals surface area contributed by atoms with Crippen LogP contribution in [0, 0.1) is 0 Å². The number of carbonyl (C=O) groups excluding carboxylic acids is 1. The fraction of sp³-hybridized carbons (Fsp3) is 0.0909. The summed E-state index contributed by atoms with van der Waals surface area (Å²) < 4.78 is 5.76. The van der Waals surface area contributed by atoms with Crippen molar-refractivity contribution in [1.82, 2.24) is 25.3 Å². The van der Waals surface area contributed by atoms with Gasteiger partial charge in [-0.25, -0.2) is 9.97 Å². The van der Waals surface area contributed by atoms with E-state index in [1.165, 1.54) is 29.2 Å². The van der Waals surface area contributed by atoms with Gasteiger partial charge in [0.25, 0.3) is 5.91 Å². The molecule has 0 saturated heterocycles. The van der Waals surface area contributed by atoms with Gasteiger partial charge in [0.2, 0.25) is 10.9 Å². The topological polar surface area (TPSA) is 107 Å². The molecule has 10 heteroatoms. The normalized spacial score (nSPS) is 10.5. The Labute approximate surface area is 127 Å². The molecule has 0 aromatic carbocycles. The van der Waals surface area contributed by atoms with Gasteiger partial charge in [-0.05, 0) is 12.3 Å². The number of thioether (sulfide) groups is 1. The molecule has 0 atom stereocenters. The van der Waals surface area contributed by atoms with Crippen LogP contribution in [0.5, 0.6) is 0 Å². The maximum Gasteiger partial charge on any atom is 0.296 e. The fourth-order valence-corrected chi connectivity index (χ4v) is 2.59. The molecule has 21 heavy (non-hydrogen) atoms. The molecule has 0 aliphatic heterocycles. The SMILES string of the molecule is CSc1nnc(NC(=O)c2cc(-c3ncccn3)no2)s1. The Hall–Kier alpha value is -2.33. The summed E-state index contributed by atoms with van der Waals surface area (Å²) in [6.45, 7) is 0. The van der Waals surface area contributed by atoms with Crippen molar-refractivity contribution < 1.29 is 9.32 Å². The van der Waals surface area contributed by atoms with Crippen LogP contribution in [0.1, 0.15) is 10.6 Å². The number of anilines is 1. The lowest BCUT2D eigenvalue weighted by atomic mass is 10.3. The molecular weight excluding hydrogens is 312 g/mol. The molecule has 3 rings (SSSR count). The van der Waals surface area contributed by atoms with Gasteiger partial charge in [-0.15, -0.1) is 10.2 Å². The zero-order chi connectivity index (χ0) is 14.7. The van der Waals surface area contributed by atoms with Gasteiger partial charge < -0.3 is 4.52 Å². The second kappa shape index (κ2) is 5.97. The molecular formula is C11H8N6O2S2. The van der Waals surface area contributed by atoms with Crippen LogP contribution in [0.15, 0.2) is 33.4 Å². The molecule has 0 spiro atoms. The van der Waals surface area contributed by atoms with Gasteiger partial charge in [-0.2, -0.15) is 0 Å². The first-order valence-electron chi connectivity index (χ1n) is 5.69. The van der Waals surface area contributed by atoms with Crippen molar-refractivity contribution in [3.05, 3.63) is 30.3 Å². The van der Waals surface area contributed by atoms with Crippen molar-refractivity contribution in [3.63, 3.8) is 0 Å². The van der Waals surface area contributed by atoms with Gasteiger partial charge in [0.15, 0.2) is 15.9 Å². The summed E-state index contributed by atoms with van der Waals surface area (Å²) in [5.74, 6) is -0.00674. The molecule has 0 radical (unpaired) electrons.